The van der Waals surface area contributed by atoms with Crippen LogP contribution in [0.2, 0.25) is 5.02 Å². The molecular formula is C11H12ClNO3. The molecule has 2 rings (SSSR count). The molecule has 1 aliphatic rings. The highest BCUT2D eigenvalue weighted by molar-refractivity contribution is 6.30. The number of carbonyl (C=O) groups is 1. The van der Waals surface area contributed by atoms with Crippen molar-refractivity contribution in [3.8, 4) is 5.75 Å². The van der Waals surface area contributed by atoms with Gasteiger partial charge >= 0.3 is 0 Å². The van der Waals surface area contributed by atoms with E-state index in [1.165, 1.54) is 0 Å². The standard InChI is InChI=1S/C11H12ClNO3/c12-8-2-1-3-9(4-8)15-7-10-5-13-11(6-14)16-10/h1-4,6,10-11,13H,5,7H2. The van der Waals surface area contributed by atoms with Crippen LogP contribution in [0.15, 0.2) is 24.3 Å². The first kappa shape index (κ1) is 11.4. The lowest BCUT2D eigenvalue weighted by Gasteiger charge is -2.11. The summed E-state index contributed by atoms with van der Waals surface area (Å²) in [6.07, 6.45) is 0.126. The highest BCUT2D eigenvalue weighted by Gasteiger charge is 2.24. The van der Waals surface area contributed by atoms with Gasteiger partial charge in [0, 0.05) is 11.6 Å². The Morgan fingerprint density at radius 2 is 2.50 bits per heavy atom. The van der Waals surface area contributed by atoms with Crippen molar-refractivity contribution < 1.29 is 14.3 Å². The molecule has 4 nitrogen and oxygen atoms in total. The topological polar surface area (TPSA) is 47.6 Å². The summed E-state index contributed by atoms with van der Waals surface area (Å²) in [6.45, 7) is 1.02. The van der Waals surface area contributed by atoms with Crippen molar-refractivity contribution in [3.05, 3.63) is 29.3 Å². The average Bonchev–Trinajstić information content (AvgIpc) is 2.74. The van der Waals surface area contributed by atoms with Crippen molar-refractivity contribution in [3.63, 3.8) is 0 Å². The summed E-state index contributed by atoms with van der Waals surface area (Å²) in [5.41, 5.74) is 0. The predicted molar refractivity (Wildman–Crippen MR) is 59.7 cm³/mol. The van der Waals surface area contributed by atoms with Gasteiger partial charge in [-0.05, 0) is 18.2 Å². The SMILES string of the molecule is O=CC1NCC(COc2cccc(Cl)c2)O1. The zero-order chi connectivity index (χ0) is 11.4. The number of carbonyl (C=O) groups excluding carboxylic acids is 1. The van der Waals surface area contributed by atoms with E-state index in [9.17, 15) is 4.79 Å². The highest BCUT2D eigenvalue weighted by atomic mass is 35.5. The van der Waals surface area contributed by atoms with Crippen LogP contribution >= 0.6 is 11.6 Å². The van der Waals surface area contributed by atoms with Gasteiger partial charge in [-0.25, -0.2) is 0 Å². The Bertz CT molecular complexity index is 372. The molecule has 1 N–H and O–H groups in total. The van der Waals surface area contributed by atoms with Crippen LogP contribution in [0.3, 0.4) is 0 Å². The van der Waals surface area contributed by atoms with Crippen LogP contribution in [0, 0.1) is 0 Å². The second-order valence-electron chi connectivity index (χ2n) is 3.49. The number of nitrogens with one attached hydrogen (secondary N) is 1. The lowest BCUT2D eigenvalue weighted by Crippen LogP contribution is -2.23. The van der Waals surface area contributed by atoms with Gasteiger partial charge in [-0.1, -0.05) is 17.7 Å². The van der Waals surface area contributed by atoms with E-state index in [1.54, 1.807) is 12.1 Å². The van der Waals surface area contributed by atoms with E-state index in [4.69, 9.17) is 21.1 Å². The second-order valence-corrected chi connectivity index (χ2v) is 3.93. The lowest BCUT2D eigenvalue weighted by atomic mass is 10.3. The van der Waals surface area contributed by atoms with Gasteiger partial charge in [-0.3, -0.25) is 10.1 Å². The van der Waals surface area contributed by atoms with Gasteiger partial charge < -0.3 is 9.47 Å². The van der Waals surface area contributed by atoms with Crippen LogP contribution in [0.1, 0.15) is 0 Å². The molecule has 2 atom stereocenters. The van der Waals surface area contributed by atoms with Gasteiger partial charge in [-0.15, -0.1) is 0 Å². The second kappa shape index (κ2) is 5.30. The number of halogens is 1. The first-order valence-corrected chi connectivity index (χ1v) is 5.38. The number of aldehydes is 1. The van der Waals surface area contributed by atoms with Crippen molar-refractivity contribution >= 4 is 17.9 Å². The third kappa shape index (κ3) is 2.95. The quantitative estimate of drug-likeness (QED) is 0.806. The average molecular weight is 242 g/mol. The summed E-state index contributed by atoms with van der Waals surface area (Å²) >= 11 is 5.82. The van der Waals surface area contributed by atoms with Crippen molar-refractivity contribution in [1.82, 2.24) is 5.32 Å². The first-order chi connectivity index (χ1) is 7.78. The fraction of sp³-hybridized carbons (Fsp3) is 0.364. The summed E-state index contributed by atoms with van der Waals surface area (Å²) in [5.74, 6) is 0.700. The molecule has 0 amide bonds. The molecule has 1 aromatic rings. The molecule has 0 saturated carbocycles. The van der Waals surface area contributed by atoms with E-state index in [0.29, 0.717) is 23.9 Å². The van der Waals surface area contributed by atoms with Crippen molar-refractivity contribution in [1.29, 1.82) is 0 Å². The Morgan fingerprint density at radius 1 is 1.62 bits per heavy atom. The van der Waals surface area contributed by atoms with Crippen molar-refractivity contribution in [2.45, 2.75) is 12.3 Å². The third-order valence-corrected chi connectivity index (χ3v) is 2.48. The third-order valence-electron chi connectivity index (χ3n) is 2.24. The zero-order valence-electron chi connectivity index (χ0n) is 8.56. The molecule has 5 heteroatoms. The molecule has 16 heavy (non-hydrogen) atoms. The molecule has 1 saturated heterocycles. The Balaban J connectivity index is 1.82. The summed E-state index contributed by atoms with van der Waals surface area (Å²) in [7, 11) is 0. The van der Waals surface area contributed by atoms with Crippen LogP contribution in [0.4, 0.5) is 0 Å². The van der Waals surface area contributed by atoms with E-state index in [-0.39, 0.29) is 6.10 Å². The summed E-state index contributed by atoms with van der Waals surface area (Å²) < 4.78 is 10.8. The summed E-state index contributed by atoms with van der Waals surface area (Å²) in [5, 5.41) is 3.54. The molecule has 1 aromatic carbocycles. The van der Waals surface area contributed by atoms with Gasteiger partial charge in [0.05, 0.1) is 0 Å². The number of hydrogen-bond acceptors (Lipinski definition) is 4. The molecule has 0 aromatic heterocycles. The number of benzene rings is 1. The minimum absolute atomic E-state index is 0.103. The highest BCUT2D eigenvalue weighted by Crippen LogP contribution is 2.17. The molecule has 86 valence electrons. The molecule has 0 bridgehead atoms. The molecule has 0 aliphatic carbocycles. The number of hydrogen-bond donors (Lipinski definition) is 1. The van der Waals surface area contributed by atoms with Gasteiger partial charge in [0.2, 0.25) is 0 Å². The Labute approximate surface area is 98.5 Å². The number of rotatable bonds is 4. The molecule has 2 unspecified atom stereocenters. The first-order valence-electron chi connectivity index (χ1n) is 5.00. The smallest absolute Gasteiger partial charge is 0.165 e. The van der Waals surface area contributed by atoms with Crippen LogP contribution < -0.4 is 10.1 Å². The Morgan fingerprint density at radius 3 is 3.19 bits per heavy atom. The minimum atomic E-state index is -0.507. The fourth-order valence-corrected chi connectivity index (χ4v) is 1.66. The zero-order valence-corrected chi connectivity index (χ0v) is 9.31. The maximum absolute atomic E-state index is 10.4. The summed E-state index contributed by atoms with van der Waals surface area (Å²) in [4.78, 5) is 10.4. The maximum atomic E-state index is 10.4. The molecule has 0 spiro atoms. The molecule has 0 radical (unpaired) electrons. The van der Waals surface area contributed by atoms with Crippen LogP contribution in [-0.2, 0) is 9.53 Å². The lowest BCUT2D eigenvalue weighted by molar-refractivity contribution is -0.118. The van der Waals surface area contributed by atoms with Gasteiger partial charge in [0.1, 0.15) is 18.5 Å². The predicted octanol–water partition coefficient (Wildman–Crippen LogP) is 1.23. The minimum Gasteiger partial charge on any atom is -0.491 e. The fourth-order valence-electron chi connectivity index (χ4n) is 1.48. The Hall–Kier alpha value is -1.10. The van der Waals surface area contributed by atoms with E-state index in [2.05, 4.69) is 5.32 Å². The molecule has 1 aliphatic heterocycles. The number of ether oxygens (including phenoxy) is 2. The molecule has 1 heterocycles. The monoisotopic (exact) mass is 241 g/mol. The maximum Gasteiger partial charge on any atom is 0.165 e. The van der Waals surface area contributed by atoms with E-state index in [1.807, 2.05) is 12.1 Å². The van der Waals surface area contributed by atoms with E-state index in [0.717, 1.165) is 6.29 Å². The van der Waals surface area contributed by atoms with Gasteiger partial charge in [0.15, 0.2) is 12.5 Å². The molecule has 1 fully saturated rings. The van der Waals surface area contributed by atoms with Crippen LogP contribution in [0.25, 0.3) is 0 Å². The summed E-state index contributed by atoms with van der Waals surface area (Å²) in [6, 6.07) is 7.16. The Kier molecular flexibility index (Phi) is 3.77. The van der Waals surface area contributed by atoms with Gasteiger partial charge in [-0.2, -0.15) is 0 Å². The van der Waals surface area contributed by atoms with Crippen LogP contribution in [-0.4, -0.2) is 31.8 Å². The van der Waals surface area contributed by atoms with Gasteiger partial charge in [0.25, 0.3) is 0 Å². The molecular weight excluding hydrogens is 230 g/mol. The van der Waals surface area contributed by atoms with Crippen molar-refractivity contribution in [2.75, 3.05) is 13.2 Å². The van der Waals surface area contributed by atoms with Crippen molar-refractivity contribution in [2.24, 2.45) is 0 Å². The van der Waals surface area contributed by atoms with E-state index >= 15 is 0 Å². The largest absolute Gasteiger partial charge is 0.491 e. The normalized spacial score (nSPS) is 24.3. The van der Waals surface area contributed by atoms with Crippen LogP contribution in [0.5, 0.6) is 5.75 Å². The van der Waals surface area contributed by atoms with E-state index < -0.39 is 6.23 Å².